The number of aromatic nitrogens is 4. The van der Waals surface area contributed by atoms with Gasteiger partial charge >= 0.3 is 0 Å². The zero-order valence-electron chi connectivity index (χ0n) is 10.2. The molecule has 0 saturated carbocycles. The van der Waals surface area contributed by atoms with Gasteiger partial charge in [0.25, 0.3) is 0 Å². The van der Waals surface area contributed by atoms with Crippen molar-refractivity contribution in [3.63, 3.8) is 0 Å². The van der Waals surface area contributed by atoms with Crippen LogP contribution < -0.4 is 5.32 Å². The number of imidazole rings is 1. The van der Waals surface area contributed by atoms with Gasteiger partial charge in [0.1, 0.15) is 16.5 Å². The van der Waals surface area contributed by atoms with Crippen LogP contribution in [0.4, 0.5) is 5.00 Å². The molecule has 0 atom stereocenters. The molecule has 0 aromatic carbocycles. The van der Waals surface area contributed by atoms with Gasteiger partial charge in [-0.15, -0.1) is 5.10 Å². The summed E-state index contributed by atoms with van der Waals surface area (Å²) in [7, 11) is 5.94. The van der Waals surface area contributed by atoms with Crippen LogP contribution in [0.5, 0.6) is 0 Å². The maximum atomic E-state index is 4.30. The van der Waals surface area contributed by atoms with Crippen LogP contribution in [0.2, 0.25) is 0 Å². The monoisotopic (exact) mass is 252 g/mol. The molecule has 0 aliphatic rings. The van der Waals surface area contributed by atoms with Gasteiger partial charge in [0, 0.05) is 44.6 Å². The zero-order valence-corrected chi connectivity index (χ0v) is 11.0. The quantitative estimate of drug-likeness (QED) is 0.858. The van der Waals surface area contributed by atoms with Crippen molar-refractivity contribution in [1.82, 2.24) is 24.0 Å². The van der Waals surface area contributed by atoms with Crippen LogP contribution >= 0.6 is 11.5 Å². The molecular weight excluding hydrogens is 236 g/mol. The second-order valence-corrected chi connectivity index (χ2v) is 4.68. The molecule has 0 fully saturated rings. The normalized spacial score (nSPS) is 11.1. The Balaban J connectivity index is 1.98. The molecule has 7 heteroatoms. The standard InChI is InChI=1S/C10H16N6S/c1-11-10-8(13-14-17-10)6-15(2)7-9-12-4-5-16(9)3/h4-5,11H,6-7H2,1-3H3. The van der Waals surface area contributed by atoms with Crippen LogP contribution in [0.15, 0.2) is 12.4 Å². The maximum absolute atomic E-state index is 4.30. The number of hydrogen-bond donors (Lipinski definition) is 1. The molecule has 0 bridgehead atoms. The Morgan fingerprint density at radius 3 is 2.94 bits per heavy atom. The van der Waals surface area contributed by atoms with Gasteiger partial charge in [-0.3, -0.25) is 4.90 Å². The van der Waals surface area contributed by atoms with Gasteiger partial charge in [-0.2, -0.15) is 0 Å². The van der Waals surface area contributed by atoms with Crippen molar-refractivity contribution in [2.24, 2.45) is 7.05 Å². The van der Waals surface area contributed by atoms with E-state index in [1.807, 2.05) is 38.1 Å². The fourth-order valence-corrected chi connectivity index (χ4v) is 2.13. The average Bonchev–Trinajstić information content (AvgIpc) is 2.89. The zero-order chi connectivity index (χ0) is 12.3. The van der Waals surface area contributed by atoms with Gasteiger partial charge in [-0.1, -0.05) is 4.49 Å². The largest absolute Gasteiger partial charge is 0.377 e. The number of anilines is 1. The van der Waals surface area contributed by atoms with E-state index in [4.69, 9.17) is 0 Å². The SMILES string of the molecule is CNc1snnc1CN(C)Cc1nccn1C. The Morgan fingerprint density at radius 2 is 2.29 bits per heavy atom. The van der Waals surface area contributed by atoms with Crippen LogP contribution in [-0.2, 0) is 20.1 Å². The highest BCUT2D eigenvalue weighted by Crippen LogP contribution is 2.18. The van der Waals surface area contributed by atoms with E-state index in [2.05, 4.69) is 24.8 Å². The van der Waals surface area contributed by atoms with Crippen molar-refractivity contribution in [2.45, 2.75) is 13.1 Å². The van der Waals surface area contributed by atoms with E-state index in [1.54, 1.807) is 0 Å². The predicted molar refractivity (Wildman–Crippen MR) is 67.8 cm³/mol. The molecule has 2 heterocycles. The van der Waals surface area contributed by atoms with Crippen LogP contribution in [0.25, 0.3) is 0 Å². The Labute approximate surface area is 104 Å². The van der Waals surface area contributed by atoms with Gasteiger partial charge in [-0.05, 0) is 7.05 Å². The average molecular weight is 252 g/mol. The molecule has 0 aliphatic carbocycles. The van der Waals surface area contributed by atoms with E-state index in [-0.39, 0.29) is 0 Å². The molecule has 2 aromatic rings. The number of rotatable bonds is 5. The molecule has 2 aromatic heterocycles. The van der Waals surface area contributed by atoms with Gasteiger partial charge in [0.15, 0.2) is 0 Å². The summed E-state index contributed by atoms with van der Waals surface area (Å²) in [5, 5.41) is 8.24. The van der Waals surface area contributed by atoms with Crippen molar-refractivity contribution >= 4 is 16.5 Å². The highest BCUT2D eigenvalue weighted by atomic mass is 32.1. The molecule has 2 rings (SSSR count). The summed E-state index contributed by atoms with van der Waals surface area (Å²) < 4.78 is 5.96. The van der Waals surface area contributed by atoms with Gasteiger partial charge in [0.05, 0.1) is 6.54 Å². The van der Waals surface area contributed by atoms with Crippen molar-refractivity contribution in [3.05, 3.63) is 23.9 Å². The summed E-state index contributed by atoms with van der Waals surface area (Å²) in [5.41, 5.74) is 0.981. The molecule has 0 amide bonds. The smallest absolute Gasteiger partial charge is 0.134 e. The highest BCUT2D eigenvalue weighted by molar-refractivity contribution is 7.10. The third kappa shape index (κ3) is 2.80. The van der Waals surface area contributed by atoms with Crippen LogP contribution in [-0.4, -0.2) is 38.1 Å². The Morgan fingerprint density at radius 1 is 1.47 bits per heavy atom. The topological polar surface area (TPSA) is 58.9 Å². The Bertz CT molecular complexity index is 477. The third-order valence-corrected chi connectivity index (χ3v) is 3.32. The minimum atomic E-state index is 0.763. The molecule has 6 nitrogen and oxygen atoms in total. The number of hydrogen-bond acceptors (Lipinski definition) is 6. The first-order valence-electron chi connectivity index (χ1n) is 5.34. The molecule has 0 aliphatic heterocycles. The van der Waals surface area contributed by atoms with Crippen LogP contribution in [0, 0.1) is 0 Å². The number of nitrogens with zero attached hydrogens (tertiary/aromatic N) is 5. The summed E-state index contributed by atoms with van der Waals surface area (Å²) in [4.78, 5) is 6.47. The van der Waals surface area contributed by atoms with E-state index in [9.17, 15) is 0 Å². The lowest BCUT2D eigenvalue weighted by atomic mass is 10.4. The molecule has 1 N–H and O–H groups in total. The summed E-state index contributed by atoms with van der Waals surface area (Å²) in [5.74, 6) is 1.04. The van der Waals surface area contributed by atoms with E-state index in [0.717, 1.165) is 29.6 Å². The highest BCUT2D eigenvalue weighted by Gasteiger charge is 2.11. The Kier molecular flexibility index (Phi) is 3.70. The lowest BCUT2D eigenvalue weighted by Gasteiger charge is -2.15. The van der Waals surface area contributed by atoms with E-state index >= 15 is 0 Å². The first-order valence-corrected chi connectivity index (χ1v) is 6.11. The fourth-order valence-electron chi connectivity index (χ4n) is 1.60. The van der Waals surface area contributed by atoms with Crippen molar-refractivity contribution < 1.29 is 0 Å². The van der Waals surface area contributed by atoms with E-state index in [0.29, 0.717) is 0 Å². The van der Waals surface area contributed by atoms with Gasteiger partial charge in [-0.25, -0.2) is 4.98 Å². The second kappa shape index (κ2) is 5.24. The minimum Gasteiger partial charge on any atom is -0.377 e. The molecule has 0 unspecified atom stereocenters. The van der Waals surface area contributed by atoms with Gasteiger partial charge in [0.2, 0.25) is 0 Å². The maximum Gasteiger partial charge on any atom is 0.134 e. The Hall–Kier alpha value is -1.47. The van der Waals surface area contributed by atoms with Gasteiger partial charge < -0.3 is 9.88 Å². The fraction of sp³-hybridized carbons (Fsp3) is 0.500. The molecule has 92 valence electrons. The second-order valence-electron chi connectivity index (χ2n) is 3.93. The first-order chi connectivity index (χ1) is 8.20. The summed E-state index contributed by atoms with van der Waals surface area (Å²) in [6.45, 7) is 1.56. The first kappa shape index (κ1) is 12.0. The molecule has 17 heavy (non-hydrogen) atoms. The lowest BCUT2D eigenvalue weighted by Crippen LogP contribution is -2.20. The molecule has 0 saturated heterocycles. The van der Waals surface area contributed by atoms with Crippen molar-refractivity contribution in [2.75, 3.05) is 19.4 Å². The summed E-state index contributed by atoms with van der Waals surface area (Å²) in [6, 6.07) is 0. The molecular formula is C10H16N6S. The summed E-state index contributed by atoms with van der Waals surface area (Å²) >= 11 is 1.38. The predicted octanol–water partition coefficient (Wildman–Crippen LogP) is 0.945. The minimum absolute atomic E-state index is 0.763. The summed E-state index contributed by atoms with van der Waals surface area (Å²) in [6.07, 6.45) is 3.76. The van der Waals surface area contributed by atoms with Crippen molar-refractivity contribution in [3.8, 4) is 0 Å². The number of nitrogens with one attached hydrogen (secondary N) is 1. The van der Waals surface area contributed by atoms with E-state index < -0.39 is 0 Å². The molecule has 0 radical (unpaired) electrons. The lowest BCUT2D eigenvalue weighted by molar-refractivity contribution is 0.303. The number of aryl methyl sites for hydroxylation is 1. The third-order valence-electron chi connectivity index (χ3n) is 2.53. The molecule has 0 spiro atoms. The van der Waals surface area contributed by atoms with Crippen molar-refractivity contribution in [1.29, 1.82) is 0 Å². The van der Waals surface area contributed by atoms with E-state index in [1.165, 1.54) is 11.5 Å². The van der Waals surface area contributed by atoms with Crippen LogP contribution in [0.3, 0.4) is 0 Å². The van der Waals surface area contributed by atoms with Crippen LogP contribution in [0.1, 0.15) is 11.5 Å².